The van der Waals surface area contributed by atoms with E-state index >= 15 is 0 Å². The van der Waals surface area contributed by atoms with Crippen molar-refractivity contribution >= 4 is 35.4 Å². The predicted molar refractivity (Wildman–Crippen MR) is 110 cm³/mol. The van der Waals surface area contributed by atoms with Crippen molar-refractivity contribution in [2.45, 2.75) is 26.9 Å². The Morgan fingerprint density at radius 1 is 1.17 bits per heavy atom. The quantitative estimate of drug-likeness (QED) is 0.591. The van der Waals surface area contributed by atoms with Gasteiger partial charge in [0.1, 0.15) is 5.76 Å². The number of aryl methyl sites for hydroxylation is 1. The van der Waals surface area contributed by atoms with E-state index in [1.54, 1.807) is 42.2 Å². The topological polar surface area (TPSA) is 102 Å². The molecule has 1 atom stereocenters. The molecule has 2 aromatic rings. The van der Waals surface area contributed by atoms with Gasteiger partial charge < -0.3 is 19.5 Å². The highest BCUT2D eigenvalue weighted by atomic mass is 32.2. The Labute approximate surface area is 173 Å². The van der Waals surface area contributed by atoms with Crippen LogP contribution in [0.3, 0.4) is 0 Å². The minimum absolute atomic E-state index is 0.0427. The summed E-state index contributed by atoms with van der Waals surface area (Å²) in [6.07, 6.45) is -1.00. The van der Waals surface area contributed by atoms with Crippen LogP contribution in [0.1, 0.15) is 31.3 Å². The van der Waals surface area contributed by atoms with Crippen LogP contribution in [0.5, 0.6) is 0 Å². The first-order valence-corrected chi connectivity index (χ1v) is 10.4. The normalized spacial score (nSPS) is 11.6. The highest BCUT2D eigenvalue weighted by Gasteiger charge is 2.28. The smallest absolute Gasteiger partial charge is 0.317 e. The first-order chi connectivity index (χ1) is 13.9. The van der Waals surface area contributed by atoms with Crippen molar-refractivity contribution in [3.8, 4) is 0 Å². The van der Waals surface area contributed by atoms with E-state index in [9.17, 15) is 14.4 Å². The van der Waals surface area contributed by atoms with Gasteiger partial charge in [-0.25, -0.2) is 0 Å². The van der Waals surface area contributed by atoms with Crippen molar-refractivity contribution in [3.05, 3.63) is 47.7 Å². The van der Waals surface area contributed by atoms with Gasteiger partial charge >= 0.3 is 5.97 Å². The van der Waals surface area contributed by atoms with Gasteiger partial charge in [0.15, 0.2) is 5.82 Å². The average molecular weight is 420 g/mol. The van der Waals surface area contributed by atoms with E-state index in [4.69, 9.17) is 9.26 Å². The third kappa shape index (κ3) is 6.94. The number of hydrogen-bond acceptors (Lipinski definition) is 7. The Morgan fingerprint density at radius 2 is 1.86 bits per heavy atom. The number of nitrogens with one attached hydrogen (secondary N) is 1. The highest BCUT2D eigenvalue weighted by molar-refractivity contribution is 8.00. The maximum atomic E-state index is 12.8. The number of carbonyl (C=O) groups excluding carboxylic acids is 3. The number of nitrogens with zero attached hydrogens (tertiary/aromatic N) is 2. The number of thioether (sulfide) groups is 1. The minimum Gasteiger partial charge on any atom is -0.447 e. The zero-order valence-corrected chi connectivity index (χ0v) is 17.5. The third-order valence-corrected chi connectivity index (χ3v) is 4.91. The molecule has 0 fully saturated rings. The van der Waals surface area contributed by atoms with Gasteiger partial charge in [-0.2, -0.15) is 0 Å². The summed E-state index contributed by atoms with van der Waals surface area (Å²) in [5.74, 6) is -0.240. The molecule has 0 saturated carbocycles. The van der Waals surface area contributed by atoms with Gasteiger partial charge in [-0.15, -0.1) is 11.8 Å². The van der Waals surface area contributed by atoms with Crippen molar-refractivity contribution in [1.29, 1.82) is 0 Å². The van der Waals surface area contributed by atoms with Crippen LogP contribution >= 0.6 is 11.8 Å². The molecular formula is C20H25N3O5S. The first-order valence-electron chi connectivity index (χ1n) is 9.28. The molecule has 0 radical (unpaired) electrons. The van der Waals surface area contributed by atoms with Crippen molar-refractivity contribution in [2.75, 3.05) is 29.9 Å². The molecule has 1 heterocycles. The second kappa shape index (κ2) is 11.3. The van der Waals surface area contributed by atoms with E-state index in [-0.39, 0.29) is 23.3 Å². The van der Waals surface area contributed by atoms with Crippen LogP contribution < -0.4 is 5.32 Å². The second-order valence-corrected chi connectivity index (χ2v) is 7.14. The lowest BCUT2D eigenvalue weighted by molar-refractivity contribution is -0.158. The monoisotopic (exact) mass is 419 g/mol. The van der Waals surface area contributed by atoms with Gasteiger partial charge in [0.2, 0.25) is 12.0 Å². The van der Waals surface area contributed by atoms with Crippen molar-refractivity contribution < 1.29 is 23.6 Å². The Hall–Kier alpha value is -2.81. The van der Waals surface area contributed by atoms with Crippen molar-refractivity contribution in [1.82, 2.24) is 10.1 Å². The number of carbonyl (C=O) groups is 3. The van der Waals surface area contributed by atoms with Gasteiger partial charge in [-0.1, -0.05) is 35.5 Å². The summed E-state index contributed by atoms with van der Waals surface area (Å²) in [6.45, 7) is 6.50. The fourth-order valence-electron chi connectivity index (χ4n) is 2.59. The van der Waals surface area contributed by atoms with E-state index in [2.05, 4.69) is 10.5 Å². The molecule has 156 valence electrons. The van der Waals surface area contributed by atoms with Gasteiger partial charge in [0, 0.05) is 24.7 Å². The number of hydrogen-bond donors (Lipinski definition) is 1. The molecule has 2 amide bonds. The number of aromatic nitrogens is 1. The number of esters is 1. The van der Waals surface area contributed by atoms with E-state index in [0.717, 1.165) is 11.8 Å². The van der Waals surface area contributed by atoms with Crippen LogP contribution in [-0.4, -0.2) is 52.4 Å². The van der Waals surface area contributed by atoms with Crippen LogP contribution in [0.4, 0.5) is 5.82 Å². The van der Waals surface area contributed by atoms with Crippen molar-refractivity contribution in [2.24, 2.45) is 0 Å². The van der Waals surface area contributed by atoms with Crippen molar-refractivity contribution in [3.63, 3.8) is 0 Å². The summed E-state index contributed by atoms with van der Waals surface area (Å²) in [5.41, 5.74) is 0.613. The fourth-order valence-corrected chi connectivity index (χ4v) is 3.18. The summed E-state index contributed by atoms with van der Waals surface area (Å²) >= 11 is 1.09. The van der Waals surface area contributed by atoms with Gasteiger partial charge in [0.25, 0.3) is 5.91 Å². The number of rotatable bonds is 10. The average Bonchev–Trinajstić information content (AvgIpc) is 3.12. The van der Waals surface area contributed by atoms with Crippen LogP contribution in [0.25, 0.3) is 0 Å². The molecule has 0 aliphatic rings. The summed E-state index contributed by atoms with van der Waals surface area (Å²) in [4.78, 5) is 38.6. The molecule has 0 unspecified atom stereocenters. The van der Waals surface area contributed by atoms with E-state index in [0.29, 0.717) is 30.2 Å². The molecule has 0 saturated heterocycles. The molecular weight excluding hydrogens is 394 g/mol. The van der Waals surface area contributed by atoms with Gasteiger partial charge in [-0.05, 0) is 20.8 Å². The molecule has 1 aromatic heterocycles. The lowest BCUT2D eigenvalue weighted by Crippen LogP contribution is -2.37. The molecule has 0 aliphatic carbocycles. The predicted octanol–water partition coefficient (Wildman–Crippen LogP) is 2.81. The molecule has 0 spiro atoms. The Kier molecular flexibility index (Phi) is 8.72. The van der Waals surface area contributed by atoms with Gasteiger partial charge in [0.05, 0.1) is 11.5 Å². The lowest BCUT2D eigenvalue weighted by atomic mass is 10.1. The zero-order chi connectivity index (χ0) is 21.2. The molecule has 9 heteroatoms. The maximum absolute atomic E-state index is 12.8. The molecule has 1 N–H and O–H groups in total. The highest BCUT2D eigenvalue weighted by Crippen LogP contribution is 2.21. The summed E-state index contributed by atoms with van der Waals surface area (Å²) in [5, 5.41) is 6.25. The molecule has 8 nitrogen and oxygen atoms in total. The first kappa shape index (κ1) is 22.5. The Balaban J connectivity index is 1.90. The number of amides is 2. The lowest BCUT2D eigenvalue weighted by Gasteiger charge is -2.25. The van der Waals surface area contributed by atoms with Crippen LogP contribution in [0, 0.1) is 6.92 Å². The van der Waals surface area contributed by atoms with E-state index in [1.165, 1.54) is 0 Å². The third-order valence-electron chi connectivity index (χ3n) is 4.00. The van der Waals surface area contributed by atoms with Crippen LogP contribution in [0.2, 0.25) is 0 Å². The molecule has 0 bridgehead atoms. The number of anilines is 1. The fraction of sp³-hybridized carbons (Fsp3) is 0.400. The molecule has 0 aliphatic heterocycles. The van der Waals surface area contributed by atoms with E-state index in [1.807, 2.05) is 19.9 Å². The van der Waals surface area contributed by atoms with Crippen LogP contribution in [-0.2, 0) is 19.1 Å². The maximum Gasteiger partial charge on any atom is 0.317 e. The summed E-state index contributed by atoms with van der Waals surface area (Å²) < 4.78 is 10.3. The number of likely N-dealkylation sites (N-methyl/N-ethyl adjacent to an activating group) is 1. The Morgan fingerprint density at radius 3 is 2.45 bits per heavy atom. The van der Waals surface area contributed by atoms with E-state index < -0.39 is 12.1 Å². The van der Waals surface area contributed by atoms with Gasteiger partial charge in [-0.3, -0.25) is 14.4 Å². The number of ether oxygens (including phenoxy) is 1. The zero-order valence-electron chi connectivity index (χ0n) is 16.7. The SMILES string of the molecule is CCN(CC)C(=O)[C@@H](OC(=O)CSCC(=O)Nc1cc(C)on1)c1ccccc1. The summed E-state index contributed by atoms with van der Waals surface area (Å²) in [7, 11) is 0. The summed E-state index contributed by atoms with van der Waals surface area (Å²) in [6, 6.07) is 10.5. The molecule has 2 rings (SSSR count). The largest absolute Gasteiger partial charge is 0.447 e. The number of benzene rings is 1. The molecule has 1 aromatic carbocycles. The standard InChI is InChI=1S/C20H25N3O5S/c1-4-23(5-2)20(26)19(15-9-7-6-8-10-15)27-18(25)13-29-12-17(24)21-16-11-14(3)28-22-16/h6-11,19H,4-5,12-13H2,1-3H3,(H,21,22,24)/t19-/m0/s1. The Bertz CT molecular complexity index is 821. The molecule has 29 heavy (non-hydrogen) atoms. The second-order valence-electron chi connectivity index (χ2n) is 6.15. The minimum atomic E-state index is -1.00. The van der Waals surface area contributed by atoms with Crippen LogP contribution in [0.15, 0.2) is 40.9 Å².